The van der Waals surface area contributed by atoms with Gasteiger partial charge in [-0.3, -0.25) is 10.1 Å². The molecule has 1 aliphatic heterocycles. The molecule has 0 spiro atoms. The van der Waals surface area contributed by atoms with Gasteiger partial charge in [-0.1, -0.05) is 0 Å². The number of ether oxygens (including phenoxy) is 1. The molecule has 0 radical (unpaired) electrons. The van der Waals surface area contributed by atoms with Crippen LogP contribution >= 0.6 is 0 Å². The fraction of sp³-hybridized carbons (Fsp3) is 0.417. The standard InChI is InChI=1S/C12H12N4O5/c1-21-8-4-9(12(17)18)15(6-8)11-10(16(19)20)7(5-13)2-3-14-11/h2-3,8-9H,4,6H2,1H3,(H,17,18). The van der Waals surface area contributed by atoms with E-state index in [-0.39, 0.29) is 30.5 Å². The summed E-state index contributed by atoms with van der Waals surface area (Å²) in [5.74, 6) is -1.24. The first-order valence-corrected chi connectivity index (χ1v) is 6.05. The van der Waals surface area contributed by atoms with Gasteiger partial charge in [-0.25, -0.2) is 9.78 Å². The fourth-order valence-electron chi connectivity index (χ4n) is 2.36. The van der Waals surface area contributed by atoms with Gasteiger partial charge in [0.2, 0.25) is 5.82 Å². The summed E-state index contributed by atoms with van der Waals surface area (Å²) in [6, 6.07) is 1.97. The zero-order chi connectivity index (χ0) is 15.6. The number of anilines is 1. The van der Waals surface area contributed by atoms with Crippen molar-refractivity contribution in [2.75, 3.05) is 18.6 Å². The Morgan fingerprint density at radius 3 is 2.95 bits per heavy atom. The SMILES string of the molecule is COC1CC(C(=O)O)N(c2nccc(C#N)c2[N+](=O)[O-])C1. The summed E-state index contributed by atoms with van der Waals surface area (Å²) < 4.78 is 5.13. The number of nitrogens with zero attached hydrogens (tertiary/aromatic N) is 4. The third-order valence-corrected chi connectivity index (χ3v) is 3.36. The van der Waals surface area contributed by atoms with Gasteiger partial charge in [-0.05, 0) is 6.07 Å². The Balaban J connectivity index is 2.52. The number of methoxy groups -OCH3 is 1. The van der Waals surface area contributed by atoms with Crippen LogP contribution in [0, 0.1) is 21.4 Å². The van der Waals surface area contributed by atoms with Crippen LogP contribution in [0.15, 0.2) is 12.3 Å². The Morgan fingerprint density at radius 1 is 1.71 bits per heavy atom. The molecule has 1 aromatic heterocycles. The van der Waals surface area contributed by atoms with Gasteiger partial charge < -0.3 is 14.7 Å². The van der Waals surface area contributed by atoms with Crippen LogP contribution in [-0.4, -0.2) is 46.8 Å². The highest BCUT2D eigenvalue weighted by Crippen LogP contribution is 2.34. The van der Waals surface area contributed by atoms with Crippen LogP contribution < -0.4 is 4.90 Å². The second-order valence-corrected chi connectivity index (χ2v) is 4.50. The monoisotopic (exact) mass is 292 g/mol. The molecule has 2 heterocycles. The summed E-state index contributed by atoms with van der Waals surface area (Å²) in [5, 5.41) is 29.4. The Labute approximate surface area is 119 Å². The molecule has 2 rings (SSSR count). The van der Waals surface area contributed by atoms with Crippen molar-refractivity contribution in [1.29, 1.82) is 5.26 Å². The first kappa shape index (κ1) is 14.7. The molecule has 1 fully saturated rings. The molecule has 110 valence electrons. The van der Waals surface area contributed by atoms with Crippen molar-refractivity contribution < 1.29 is 19.6 Å². The molecule has 21 heavy (non-hydrogen) atoms. The third kappa shape index (κ3) is 2.61. The maximum Gasteiger partial charge on any atom is 0.329 e. The highest BCUT2D eigenvalue weighted by molar-refractivity contribution is 5.81. The van der Waals surface area contributed by atoms with Crippen molar-refractivity contribution in [2.45, 2.75) is 18.6 Å². The predicted octanol–water partition coefficient (Wildman–Crippen LogP) is 0.540. The largest absolute Gasteiger partial charge is 0.480 e. The van der Waals surface area contributed by atoms with Gasteiger partial charge in [-0.15, -0.1) is 0 Å². The summed E-state index contributed by atoms with van der Waals surface area (Å²) >= 11 is 0. The van der Waals surface area contributed by atoms with E-state index in [1.807, 2.05) is 0 Å². The number of hydrogen-bond acceptors (Lipinski definition) is 7. The van der Waals surface area contributed by atoms with Crippen LogP contribution in [0.2, 0.25) is 0 Å². The van der Waals surface area contributed by atoms with E-state index in [2.05, 4.69) is 4.98 Å². The number of pyridine rings is 1. The summed E-state index contributed by atoms with van der Waals surface area (Å²) in [6.07, 6.45) is 1.08. The molecule has 9 heteroatoms. The molecule has 1 aromatic rings. The minimum atomic E-state index is -1.12. The Kier molecular flexibility index (Phi) is 4.00. The third-order valence-electron chi connectivity index (χ3n) is 3.36. The summed E-state index contributed by atoms with van der Waals surface area (Å²) in [5.41, 5.74) is -0.641. The van der Waals surface area contributed by atoms with Crippen molar-refractivity contribution >= 4 is 17.5 Å². The lowest BCUT2D eigenvalue weighted by molar-refractivity contribution is -0.384. The van der Waals surface area contributed by atoms with Crippen molar-refractivity contribution in [3.63, 3.8) is 0 Å². The van der Waals surface area contributed by atoms with Crippen LogP contribution in [0.25, 0.3) is 0 Å². The van der Waals surface area contributed by atoms with Gasteiger partial charge >= 0.3 is 11.7 Å². The molecule has 0 bridgehead atoms. The summed E-state index contributed by atoms with van der Waals surface area (Å²) in [7, 11) is 1.45. The number of aromatic nitrogens is 1. The molecule has 0 amide bonds. The number of carboxylic acids is 1. The average molecular weight is 292 g/mol. The minimum absolute atomic E-state index is 0.119. The van der Waals surface area contributed by atoms with E-state index in [1.54, 1.807) is 6.07 Å². The fourth-order valence-corrected chi connectivity index (χ4v) is 2.36. The predicted molar refractivity (Wildman–Crippen MR) is 69.8 cm³/mol. The topological polar surface area (TPSA) is 130 Å². The average Bonchev–Trinajstić information content (AvgIpc) is 2.90. The van der Waals surface area contributed by atoms with Crippen molar-refractivity contribution in [2.24, 2.45) is 0 Å². The van der Waals surface area contributed by atoms with Crippen LogP contribution in [0.5, 0.6) is 0 Å². The van der Waals surface area contributed by atoms with Crippen LogP contribution in [-0.2, 0) is 9.53 Å². The van der Waals surface area contributed by atoms with Gasteiger partial charge in [0.15, 0.2) is 0 Å². The number of carboxylic acid groups (broad SMARTS) is 1. The highest BCUT2D eigenvalue weighted by Gasteiger charge is 2.41. The first-order chi connectivity index (χ1) is 9.99. The van der Waals surface area contributed by atoms with Gasteiger partial charge in [0.05, 0.1) is 11.0 Å². The number of aliphatic carboxylic acids is 1. The molecule has 2 atom stereocenters. The number of carbonyl (C=O) groups is 1. The molecule has 1 saturated heterocycles. The van der Waals surface area contributed by atoms with Crippen molar-refractivity contribution in [1.82, 2.24) is 4.98 Å². The molecule has 0 saturated carbocycles. The number of hydrogen-bond donors (Lipinski definition) is 1. The van der Waals surface area contributed by atoms with E-state index in [9.17, 15) is 20.0 Å². The second kappa shape index (κ2) is 5.72. The molecule has 9 nitrogen and oxygen atoms in total. The molecule has 2 unspecified atom stereocenters. The van der Waals surface area contributed by atoms with E-state index < -0.39 is 22.6 Å². The normalized spacial score (nSPS) is 21.0. The van der Waals surface area contributed by atoms with Crippen LogP contribution in [0.1, 0.15) is 12.0 Å². The molecular formula is C12H12N4O5. The number of nitro groups is 1. The van der Waals surface area contributed by atoms with Gasteiger partial charge in [0, 0.05) is 26.3 Å². The molecule has 1 aliphatic rings. The van der Waals surface area contributed by atoms with Crippen molar-refractivity contribution in [3.05, 3.63) is 27.9 Å². The van der Waals surface area contributed by atoms with E-state index in [0.717, 1.165) is 0 Å². The molecular weight excluding hydrogens is 280 g/mol. The maximum absolute atomic E-state index is 11.3. The minimum Gasteiger partial charge on any atom is -0.480 e. The zero-order valence-electron chi connectivity index (χ0n) is 11.1. The second-order valence-electron chi connectivity index (χ2n) is 4.50. The highest BCUT2D eigenvalue weighted by atomic mass is 16.6. The molecule has 0 aromatic carbocycles. The lowest BCUT2D eigenvalue weighted by Gasteiger charge is -2.21. The number of rotatable bonds is 4. The van der Waals surface area contributed by atoms with E-state index in [4.69, 9.17) is 10.00 Å². The van der Waals surface area contributed by atoms with E-state index in [0.29, 0.717) is 0 Å². The first-order valence-electron chi connectivity index (χ1n) is 6.05. The van der Waals surface area contributed by atoms with Gasteiger partial charge in [0.1, 0.15) is 17.7 Å². The lowest BCUT2D eigenvalue weighted by atomic mass is 10.2. The Bertz CT molecular complexity index is 627. The zero-order valence-corrected chi connectivity index (χ0v) is 11.1. The van der Waals surface area contributed by atoms with Crippen LogP contribution in [0.4, 0.5) is 11.5 Å². The Morgan fingerprint density at radius 2 is 2.43 bits per heavy atom. The van der Waals surface area contributed by atoms with Crippen molar-refractivity contribution in [3.8, 4) is 6.07 Å². The van der Waals surface area contributed by atoms with Gasteiger partial charge in [-0.2, -0.15) is 5.26 Å². The van der Waals surface area contributed by atoms with Crippen LogP contribution in [0.3, 0.4) is 0 Å². The van der Waals surface area contributed by atoms with E-state index in [1.165, 1.54) is 24.3 Å². The number of nitriles is 1. The molecule has 0 aliphatic carbocycles. The maximum atomic E-state index is 11.3. The smallest absolute Gasteiger partial charge is 0.329 e. The summed E-state index contributed by atoms with van der Waals surface area (Å²) in [6.45, 7) is 0.163. The molecule has 1 N–H and O–H groups in total. The quantitative estimate of drug-likeness (QED) is 0.628. The lowest BCUT2D eigenvalue weighted by Crippen LogP contribution is -2.37. The summed E-state index contributed by atoms with van der Waals surface area (Å²) in [4.78, 5) is 27.0. The van der Waals surface area contributed by atoms with Gasteiger partial charge in [0.25, 0.3) is 0 Å². The van der Waals surface area contributed by atoms with E-state index >= 15 is 0 Å². The Hall–Kier alpha value is -2.73.